The molecule has 0 bridgehead atoms. The zero-order chi connectivity index (χ0) is 13.2. The predicted molar refractivity (Wildman–Crippen MR) is 81.9 cm³/mol. The van der Waals surface area contributed by atoms with E-state index < -0.39 is 0 Å². The highest BCUT2D eigenvalue weighted by Crippen LogP contribution is 2.30. The van der Waals surface area contributed by atoms with Gasteiger partial charge in [0.2, 0.25) is 0 Å². The minimum Gasteiger partial charge on any atom is -0.320 e. The van der Waals surface area contributed by atoms with Gasteiger partial charge in [0.05, 0.1) is 6.04 Å². The van der Waals surface area contributed by atoms with Crippen molar-refractivity contribution in [2.75, 3.05) is 0 Å². The second-order valence-electron chi connectivity index (χ2n) is 4.44. The van der Waals surface area contributed by atoms with Gasteiger partial charge in [-0.1, -0.05) is 52.3 Å². The van der Waals surface area contributed by atoms with Crippen molar-refractivity contribution >= 4 is 26.7 Å². The second-order valence-corrected chi connectivity index (χ2v) is 5.30. The Kier molecular flexibility index (Phi) is 3.32. The average molecular weight is 313 g/mol. The maximum Gasteiger partial charge on any atom is 0.0569 e. The number of hydrogen-bond donors (Lipinski definition) is 1. The van der Waals surface area contributed by atoms with Crippen LogP contribution in [-0.2, 0) is 0 Å². The highest BCUT2D eigenvalue weighted by atomic mass is 79.9. The van der Waals surface area contributed by atoms with Crippen LogP contribution in [0.1, 0.15) is 17.2 Å². The van der Waals surface area contributed by atoms with Crippen LogP contribution in [0.3, 0.4) is 0 Å². The number of aromatic nitrogens is 1. The molecule has 94 valence electrons. The molecule has 0 fully saturated rings. The Balaban J connectivity index is 2.17. The molecule has 0 radical (unpaired) electrons. The summed E-state index contributed by atoms with van der Waals surface area (Å²) in [6.07, 6.45) is 3.68. The monoisotopic (exact) mass is 312 g/mol. The second kappa shape index (κ2) is 5.11. The van der Waals surface area contributed by atoms with Crippen molar-refractivity contribution in [1.82, 2.24) is 4.98 Å². The topological polar surface area (TPSA) is 38.9 Å². The first kappa shape index (κ1) is 12.3. The van der Waals surface area contributed by atoms with Gasteiger partial charge in [-0.05, 0) is 28.6 Å². The van der Waals surface area contributed by atoms with Gasteiger partial charge in [-0.15, -0.1) is 0 Å². The van der Waals surface area contributed by atoms with Crippen LogP contribution in [0.2, 0.25) is 0 Å². The largest absolute Gasteiger partial charge is 0.320 e. The molecule has 2 aromatic carbocycles. The van der Waals surface area contributed by atoms with Gasteiger partial charge in [0.25, 0.3) is 0 Å². The fraction of sp³-hybridized carbons (Fsp3) is 0.0625. The Hall–Kier alpha value is -1.71. The fourth-order valence-corrected chi connectivity index (χ4v) is 2.83. The van der Waals surface area contributed by atoms with Crippen molar-refractivity contribution in [2.45, 2.75) is 6.04 Å². The van der Waals surface area contributed by atoms with Gasteiger partial charge in [0.15, 0.2) is 0 Å². The van der Waals surface area contributed by atoms with Crippen molar-refractivity contribution < 1.29 is 0 Å². The van der Waals surface area contributed by atoms with Crippen molar-refractivity contribution in [2.24, 2.45) is 5.73 Å². The summed E-state index contributed by atoms with van der Waals surface area (Å²) in [6, 6.07) is 16.1. The highest BCUT2D eigenvalue weighted by molar-refractivity contribution is 9.10. The molecule has 0 amide bonds. The number of fused-ring (bicyclic) bond motifs is 1. The Morgan fingerprint density at radius 2 is 1.74 bits per heavy atom. The lowest BCUT2D eigenvalue weighted by Crippen LogP contribution is -2.12. The lowest BCUT2D eigenvalue weighted by molar-refractivity contribution is 0.874. The SMILES string of the molecule is NC(c1ccccc1Br)c1cccc2ccncc12. The van der Waals surface area contributed by atoms with Crippen LogP contribution >= 0.6 is 15.9 Å². The first-order valence-corrected chi connectivity index (χ1v) is 6.89. The molecule has 1 heterocycles. The summed E-state index contributed by atoms with van der Waals surface area (Å²) in [5.41, 5.74) is 8.60. The summed E-state index contributed by atoms with van der Waals surface area (Å²) in [6.45, 7) is 0. The minimum absolute atomic E-state index is 0.163. The molecule has 2 nitrogen and oxygen atoms in total. The molecule has 0 aliphatic rings. The summed E-state index contributed by atoms with van der Waals surface area (Å²) in [7, 11) is 0. The van der Waals surface area contributed by atoms with E-state index in [4.69, 9.17) is 5.73 Å². The Morgan fingerprint density at radius 1 is 0.947 bits per heavy atom. The summed E-state index contributed by atoms with van der Waals surface area (Å²) in [4.78, 5) is 4.20. The summed E-state index contributed by atoms with van der Waals surface area (Å²) < 4.78 is 1.03. The van der Waals surface area contributed by atoms with Gasteiger partial charge in [-0.25, -0.2) is 0 Å². The Labute approximate surface area is 120 Å². The molecule has 0 saturated heterocycles. The van der Waals surface area contributed by atoms with Crippen LogP contribution in [-0.4, -0.2) is 4.98 Å². The molecule has 19 heavy (non-hydrogen) atoms. The molecule has 0 spiro atoms. The van der Waals surface area contributed by atoms with E-state index in [-0.39, 0.29) is 6.04 Å². The molecule has 1 atom stereocenters. The molecule has 0 aliphatic carbocycles. The maximum absolute atomic E-state index is 6.43. The highest BCUT2D eigenvalue weighted by Gasteiger charge is 2.14. The number of rotatable bonds is 2. The molecule has 0 saturated carbocycles. The number of nitrogens with zero attached hydrogens (tertiary/aromatic N) is 1. The van der Waals surface area contributed by atoms with E-state index in [1.165, 1.54) is 0 Å². The van der Waals surface area contributed by atoms with E-state index in [9.17, 15) is 0 Å². The van der Waals surface area contributed by atoms with Crippen molar-refractivity contribution in [1.29, 1.82) is 0 Å². The molecule has 1 aromatic heterocycles. The van der Waals surface area contributed by atoms with Crippen LogP contribution in [0.15, 0.2) is 65.4 Å². The van der Waals surface area contributed by atoms with Crippen molar-refractivity contribution in [3.8, 4) is 0 Å². The average Bonchev–Trinajstić information content (AvgIpc) is 2.46. The summed E-state index contributed by atoms with van der Waals surface area (Å²) >= 11 is 3.56. The van der Waals surface area contributed by atoms with E-state index in [2.05, 4.69) is 33.0 Å². The Morgan fingerprint density at radius 3 is 2.58 bits per heavy atom. The van der Waals surface area contributed by atoms with Crippen LogP contribution in [0.5, 0.6) is 0 Å². The van der Waals surface area contributed by atoms with Crippen LogP contribution in [0.25, 0.3) is 10.8 Å². The van der Waals surface area contributed by atoms with Gasteiger partial charge < -0.3 is 5.73 Å². The zero-order valence-corrected chi connectivity index (χ0v) is 11.8. The van der Waals surface area contributed by atoms with Gasteiger partial charge in [0, 0.05) is 22.3 Å². The molecule has 0 aliphatic heterocycles. The lowest BCUT2D eigenvalue weighted by Gasteiger charge is -2.16. The van der Waals surface area contributed by atoms with Crippen LogP contribution in [0.4, 0.5) is 0 Å². The zero-order valence-electron chi connectivity index (χ0n) is 10.3. The van der Waals surface area contributed by atoms with E-state index in [0.29, 0.717) is 0 Å². The van der Waals surface area contributed by atoms with Crippen LogP contribution in [0, 0.1) is 0 Å². The van der Waals surface area contributed by atoms with Crippen LogP contribution < -0.4 is 5.73 Å². The molecular formula is C16H13BrN2. The third kappa shape index (κ3) is 2.27. The first-order chi connectivity index (χ1) is 9.27. The normalized spacial score (nSPS) is 12.5. The van der Waals surface area contributed by atoms with Gasteiger partial charge in [-0.3, -0.25) is 4.98 Å². The third-order valence-electron chi connectivity index (χ3n) is 3.29. The van der Waals surface area contributed by atoms with E-state index >= 15 is 0 Å². The lowest BCUT2D eigenvalue weighted by atomic mass is 9.95. The molecule has 1 unspecified atom stereocenters. The van der Waals surface area contributed by atoms with Gasteiger partial charge in [-0.2, -0.15) is 0 Å². The number of nitrogens with two attached hydrogens (primary N) is 1. The predicted octanol–water partition coefficient (Wildman–Crippen LogP) is 4.05. The molecule has 3 heteroatoms. The van der Waals surface area contributed by atoms with E-state index in [1.807, 2.05) is 42.6 Å². The van der Waals surface area contributed by atoms with Crippen molar-refractivity contribution in [3.05, 3.63) is 76.5 Å². The van der Waals surface area contributed by atoms with Gasteiger partial charge in [0.1, 0.15) is 0 Å². The molecule has 3 aromatic rings. The smallest absolute Gasteiger partial charge is 0.0569 e. The number of halogens is 1. The van der Waals surface area contributed by atoms with E-state index in [1.54, 1.807) is 6.20 Å². The number of hydrogen-bond acceptors (Lipinski definition) is 2. The first-order valence-electron chi connectivity index (χ1n) is 6.10. The molecule has 3 rings (SSSR count). The summed E-state index contributed by atoms with van der Waals surface area (Å²) in [5.74, 6) is 0. The maximum atomic E-state index is 6.43. The Bertz CT molecular complexity index is 719. The summed E-state index contributed by atoms with van der Waals surface area (Å²) in [5, 5.41) is 2.27. The molecular weight excluding hydrogens is 300 g/mol. The van der Waals surface area contributed by atoms with Gasteiger partial charge >= 0.3 is 0 Å². The van der Waals surface area contributed by atoms with E-state index in [0.717, 1.165) is 26.4 Å². The number of pyridine rings is 1. The number of benzene rings is 2. The molecule has 2 N–H and O–H groups in total. The quantitative estimate of drug-likeness (QED) is 0.775. The standard InChI is InChI=1S/C16H13BrN2/c17-15-7-2-1-5-13(15)16(18)12-6-3-4-11-8-9-19-10-14(11)12/h1-10,16H,18H2. The fourth-order valence-electron chi connectivity index (χ4n) is 2.30. The minimum atomic E-state index is -0.163. The van der Waals surface area contributed by atoms with Crippen molar-refractivity contribution in [3.63, 3.8) is 0 Å². The third-order valence-corrected chi connectivity index (χ3v) is 4.01.